The highest BCUT2D eigenvalue weighted by molar-refractivity contribution is 7.10. The van der Waals surface area contributed by atoms with Crippen LogP contribution in [0.1, 0.15) is 127 Å². The number of aromatic nitrogens is 2. The number of amides is 1. The highest BCUT2D eigenvalue weighted by Crippen LogP contribution is 2.19. The maximum absolute atomic E-state index is 12.1. The van der Waals surface area contributed by atoms with Crippen molar-refractivity contribution < 1.29 is 14.3 Å². The van der Waals surface area contributed by atoms with Gasteiger partial charge in [-0.2, -0.15) is 0 Å². The topological polar surface area (TPSA) is 81.2 Å². The van der Waals surface area contributed by atoms with Gasteiger partial charge in [0.25, 0.3) is 0 Å². The zero-order valence-electron chi connectivity index (χ0n) is 19.0. The molecule has 0 atom stereocenters. The van der Waals surface area contributed by atoms with Gasteiger partial charge in [-0.15, -0.1) is 5.10 Å². The number of hydrogen-bond donors (Lipinski definition) is 1. The van der Waals surface area contributed by atoms with Crippen LogP contribution < -0.4 is 5.32 Å². The maximum atomic E-state index is 12.1. The minimum absolute atomic E-state index is 0.0895. The van der Waals surface area contributed by atoms with Gasteiger partial charge in [-0.1, -0.05) is 101 Å². The van der Waals surface area contributed by atoms with Gasteiger partial charge >= 0.3 is 5.97 Å². The molecule has 1 aromatic rings. The van der Waals surface area contributed by atoms with E-state index in [4.69, 9.17) is 4.74 Å². The molecule has 0 spiro atoms. The monoisotopic (exact) mass is 439 g/mol. The zero-order chi connectivity index (χ0) is 21.9. The number of hydrogen-bond acceptors (Lipinski definition) is 6. The standard InChI is InChI=1S/C23H41N3O3S/c1-3-5-6-7-8-9-10-11-12-13-14-15-16-17-18-19-20(27)24-22-21(25-26-30-22)23(28)29-4-2/h3-19H2,1-2H3,(H,24,27). The van der Waals surface area contributed by atoms with Crippen molar-refractivity contribution in [3.63, 3.8) is 0 Å². The van der Waals surface area contributed by atoms with Crippen molar-refractivity contribution in [1.82, 2.24) is 9.59 Å². The largest absolute Gasteiger partial charge is 0.461 e. The summed E-state index contributed by atoms with van der Waals surface area (Å²) < 4.78 is 8.64. The minimum Gasteiger partial charge on any atom is -0.461 e. The average molecular weight is 440 g/mol. The molecule has 0 aromatic carbocycles. The first kappa shape index (κ1) is 26.5. The van der Waals surface area contributed by atoms with Gasteiger partial charge in [0.05, 0.1) is 6.61 Å². The first-order chi connectivity index (χ1) is 14.7. The van der Waals surface area contributed by atoms with E-state index in [9.17, 15) is 9.59 Å². The molecule has 0 aliphatic heterocycles. The number of nitrogens with zero attached hydrogens (tertiary/aromatic N) is 2. The SMILES string of the molecule is CCCCCCCCCCCCCCCCCC(=O)Nc1snnc1C(=O)OCC. The lowest BCUT2D eigenvalue weighted by Gasteiger charge is -2.05. The normalized spacial score (nSPS) is 10.9. The number of unbranched alkanes of at least 4 members (excludes halogenated alkanes) is 14. The second-order valence-electron chi connectivity index (χ2n) is 7.92. The summed E-state index contributed by atoms with van der Waals surface area (Å²) in [6, 6.07) is 0. The summed E-state index contributed by atoms with van der Waals surface area (Å²) in [5.41, 5.74) is 0.0895. The molecule has 7 heteroatoms. The van der Waals surface area contributed by atoms with Crippen molar-refractivity contribution in [2.24, 2.45) is 0 Å². The highest BCUT2D eigenvalue weighted by Gasteiger charge is 2.19. The van der Waals surface area contributed by atoms with Gasteiger partial charge in [0.15, 0.2) is 5.00 Å². The molecule has 1 heterocycles. The Balaban J connectivity index is 1.93. The number of esters is 1. The number of anilines is 1. The van der Waals surface area contributed by atoms with Crippen molar-refractivity contribution >= 4 is 28.4 Å². The van der Waals surface area contributed by atoms with Crippen LogP contribution in [-0.4, -0.2) is 28.1 Å². The van der Waals surface area contributed by atoms with Crippen LogP contribution in [0.3, 0.4) is 0 Å². The molecule has 1 N–H and O–H groups in total. The van der Waals surface area contributed by atoms with E-state index >= 15 is 0 Å². The minimum atomic E-state index is -0.548. The van der Waals surface area contributed by atoms with Gasteiger partial charge in [-0.25, -0.2) is 4.79 Å². The molecule has 1 rings (SSSR count). The fraction of sp³-hybridized carbons (Fsp3) is 0.826. The lowest BCUT2D eigenvalue weighted by molar-refractivity contribution is -0.116. The number of ether oxygens (including phenoxy) is 1. The van der Waals surface area contributed by atoms with Crippen LogP contribution in [0.5, 0.6) is 0 Å². The van der Waals surface area contributed by atoms with Gasteiger partial charge in [-0.05, 0) is 13.3 Å². The summed E-state index contributed by atoms with van der Waals surface area (Å²) in [6.07, 6.45) is 20.0. The summed E-state index contributed by atoms with van der Waals surface area (Å²) >= 11 is 1.00. The van der Waals surface area contributed by atoms with Gasteiger partial charge < -0.3 is 10.1 Å². The van der Waals surface area contributed by atoms with E-state index in [1.807, 2.05) is 0 Å². The molecule has 0 radical (unpaired) electrons. The Bertz CT molecular complexity index is 578. The summed E-state index contributed by atoms with van der Waals surface area (Å²) in [5.74, 6) is -0.644. The van der Waals surface area contributed by atoms with Gasteiger partial charge in [0.2, 0.25) is 11.6 Å². The first-order valence-electron chi connectivity index (χ1n) is 12.0. The summed E-state index contributed by atoms with van der Waals surface area (Å²) in [5, 5.41) is 6.85. The third kappa shape index (κ3) is 12.9. The fourth-order valence-electron chi connectivity index (χ4n) is 3.45. The quantitative estimate of drug-likeness (QED) is 0.187. The molecular formula is C23H41N3O3S. The van der Waals surface area contributed by atoms with E-state index in [1.54, 1.807) is 6.92 Å². The lowest BCUT2D eigenvalue weighted by atomic mass is 10.0. The molecule has 0 saturated heterocycles. The van der Waals surface area contributed by atoms with E-state index in [0.717, 1.165) is 24.4 Å². The number of rotatable bonds is 19. The Labute approximate surface area is 186 Å². The fourth-order valence-corrected chi connectivity index (χ4v) is 4.03. The molecule has 0 bridgehead atoms. The Hall–Kier alpha value is -1.50. The molecule has 0 aliphatic carbocycles. The van der Waals surface area contributed by atoms with Gasteiger partial charge in [0.1, 0.15) is 0 Å². The Kier molecular flexibility index (Phi) is 16.2. The van der Waals surface area contributed by atoms with Crippen LogP contribution >= 0.6 is 11.5 Å². The Morgan fingerprint density at radius 3 is 1.80 bits per heavy atom. The van der Waals surface area contributed by atoms with Crippen LogP contribution in [0.2, 0.25) is 0 Å². The number of carbonyl (C=O) groups is 2. The lowest BCUT2D eigenvalue weighted by Crippen LogP contribution is -2.14. The maximum Gasteiger partial charge on any atom is 0.362 e. The smallest absolute Gasteiger partial charge is 0.362 e. The van der Waals surface area contributed by atoms with E-state index in [-0.39, 0.29) is 18.2 Å². The highest BCUT2D eigenvalue weighted by atomic mass is 32.1. The second-order valence-corrected chi connectivity index (χ2v) is 8.67. The molecule has 0 saturated carbocycles. The Morgan fingerprint density at radius 2 is 1.30 bits per heavy atom. The average Bonchev–Trinajstić information content (AvgIpc) is 3.19. The third-order valence-corrected chi connectivity index (χ3v) is 5.86. The molecule has 172 valence electrons. The third-order valence-electron chi connectivity index (χ3n) is 5.22. The molecular weight excluding hydrogens is 398 g/mol. The number of nitrogens with one attached hydrogen (secondary N) is 1. The molecule has 30 heavy (non-hydrogen) atoms. The van der Waals surface area contributed by atoms with Gasteiger partial charge in [-0.3, -0.25) is 4.79 Å². The van der Waals surface area contributed by atoms with Crippen molar-refractivity contribution in [3.8, 4) is 0 Å². The predicted molar refractivity (Wildman–Crippen MR) is 124 cm³/mol. The van der Waals surface area contributed by atoms with Crippen LogP contribution in [0, 0.1) is 0 Å². The van der Waals surface area contributed by atoms with Crippen molar-refractivity contribution in [3.05, 3.63) is 5.69 Å². The zero-order valence-corrected chi connectivity index (χ0v) is 19.9. The molecule has 0 fully saturated rings. The first-order valence-corrected chi connectivity index (χ1v) is 12.8. The molecule has 1 aromatic heterocycles. The van der Waals surface area contributed by atoms with E-state index in [0.29, 0.717) is 11.4 Å². The molecule has 1 amide bonds. The summed E-state index contributed by atoms with van der Waals surface area (Å²) in [4.78, 5) is 23.8. The summed E-state index contributed by atoms with van der Waals surface area (Å²) in [6.45, 7) is 4.26. The Morgan fingerprint density at radius 1 is 0.800 bits per heavy atom. The van der Waals surface area contributed by atoms with Crippen LogP contribution in [-0.2, 0) is 9.53 Å². The van der Waals surface area contributed by atoms with E-state index in [1.165, 1.54) is 83.5 Å². The molecule has 0 unspecified atom stereocenters. The van der Waals surface area contributed by atoms with Crippen LogP contribution in [0.25, 0.3) is 0 Å². The van der Waals surface area contributed by atoms with Crippen molar-refractivity contribution in [2.75, 3.05) is 11.9 Å². The van der Waals surface area contributed by atoms with Crippen LogP contribution in [0.15, 0.2) is 0 Å². The van der Waals surface area contributed by atoms with E-state index in [2.05, 4.69) is 21.8 Å². The van der Waals surface area contributed by atoms with E-state index < -0.39 is 5.97 Å². The molecule has 0 aliphatic rings. The van der Waals surface area contributed by atoms with Crippen molar-refractivity contribution in [1.29, 1.82) is 0 Å². The van der Waals surface area contributed by atoms with Crippen LogP contribution in [0.4, 0.5) is 5.00 Å². The molecule has 6 nitrogen and oxygen atoms in total. The van der Waals surface area contributed by atoms with Crippen molar-refractivity contribution in [2.45, 2.75) is 117 Å². The van der Waals surface area contributed by atoms with Gasteiger partial charge in [0, 0.05) is 18.0 Å². The second kappa shape index (κ2) is 18.3. The summed E-state index contributed by atoms with van der Waals surface area (Å²) in [7, 11) is 0. The predicted octanol–water partition coefficient (Wildman–Crippen LogP) is 6.91. The number of carbonyl (C=O) groups excluding carboxylic acids is 2.